The summed E-state index contributed by atoms with van der Waals surface area (Å²) in [6.45, 7) is 1.92. The zero-order valence-corrected chi connectivity index (χ0v) is 16.7. The summed E-state index contributed by atoms with van der Waals surface area (Å²) < 4.78 is 0. The number of nitrogens with one attached hydrogen (secondary N) is 2. The molecular formula is C21H22ClN5O2. The number of rotatable bonds is 5. The number of carbonyl (C=O) groups is 2. The Balaban J connectivity index is 1.62. The SMILES string of the molecule is C[C@]1(c2cccc(NC(=O)c3ccc(Cl)cn3)c2)N=C(N)NC(=O)C1CC1CC1. The van der Waals surface area contributed by atoms with E-state index >= 15 is 0 Å². The van der Waals surface area contributed by atoms with E-state index in [1.807, 2.05) is 25.1 Å². The first-order chi connectivity index (χ1) is 13.8. The summed E-state index contributed by atoms with van der Waals surface area (Å²) in [4.78, 5) is 33.8. The first kappa shape index (κ1) is 19.4. The maximum atomic E-state index is 12.7. The number of guanidine groups is 1. The number of nitrogens with zero attached hydrogens (tertiary/aromatic N) is 2. The Bertz CT molecular complexity index is 987. The molecule has 2 aromatic rings. The molecule has 2 atom stereocenters. The van der Waals surface area contributed by atoms with Crippen molar-refractivity contribution in [3.05, 3.63) is 58.9 Å². The normalized spacial score (nSPS) is 23.9. The highest BCUT2D eigenvalue weighted by Gasteiger charge is 2.46. The van der Waals surface area contributed by atoms with Crippen LogP contribution < -0.4 is 16.4 Å². The van der Waals surface area contributed by atoms with Gasteiger partial charge >= 0.3 is 0 Å². The number of hydrogen-bond donors (Lipinski definition) is 3. The molecule has 0 spiro atoms. The lowest BCUT2D eigenvalue weighted by Crippen LogP contribution is -2.53. The van der Waals surface area contributed by atoms with Crippen LogP contribution in [0, 0.1) is 11.8 Å². The molecule has 2 heterocycles. The number of benzene rings is 1. The molecule has 1 saturated carbocycles. The van der Waals surface area contributed by atoms with Crippen LogP contribution in [0.3, 0.4) is 0 Å². The highest BCUT2D eigenvalue weighted by atomic mass is 35.5. The van der Waals surface area contributed by atoms with E-state index < -0.39 is 5.54 Å². The average Bonchev–Trinajstić information content (AvgIpc) is 3.50. The van der Waals surface area contributed by atoms with Gasteiger partial charge in [0.05, 0.1) is 16.5 Å². The number of anilines is 1. The third kappa shape index (κ3) is 4.10. The second kappa shape index (κ2) is 7.48. The summed E-state index contributed by atoms with van der Waals surface area (Å²) in [5.74, 6) is -0.0939. The van der Waals surface area contributed by atoms with E-state index in [9.17, 15) is 9.59 Å². The molecule has 0 radical (unpaired) electrons. The number of nitrogens with two attached hydrogens (primary N) is 1. The molecule has 1 unspecified atom stereocenters. The third-order valence-corrected chi connectivity index (χ3v) is 5.75. The Kier molecular flexibility index (Phi) is 5.00. The van der Waals surface area contributed by atoms with E-state index in [0.29, 0.717) is 16.6 Å². The number of amides is 2. The second-order valence-corrected chi connectivity index (χ2v) is 8.20. The van der Waals surface area contributed by atoms with Crippen LogP contribution in [0.2, 0.25) is 5.02 Å². The van der Waals surface area contributed by atoms with Crippen molar-refractivity contribution in [2.75, 3.05) is 5.32 Å². The van der Waals surface area contributed by atoms with Gasteiger partial charge in [0.2, 0.25) is 5.91 Å². The predicted molar refractivity (Wildman–Crippen MR) is 112 cm³/mol. The molecule has 4 N–H and O–H groups in total. The Hall–Kier alpha value is -2.93. The molecule has 1 aromatic carbocycles. The first-order valence-corrected chi connectivity index (χ1v) is 9.92. The molecule has 1 aromatic heterocycles. The Labute approximate surface area is 173 Å². The van der Waals surface area contributed by atoms with Crippen molar-refractivity contribution in [2.45, 2.75) is 31.7 Å². The van der Waals surface area contributed by atoms with Crippen molar-refractivity contribution >= 4 is 35.1 Å². The van der Waals surface area contributed by atoms with Gasteiger partial charge in [-0.1, -0.05) is 36.6 Å². The monoisotopic (exact) mass is 411 g/mol. The van der Waals surface area contributed by atoms with Crippen molar-refractivity contribution < 1.29 is 9.59 Å². The Morgan fingerprint density at radius 2 is 2.14 bits per heavy atom. The van der Waals surface area contributed by atoms with Crippen LogP contribution in [0.1, 0.15) is 42.2 Å². The highest BCUT2D eigenvalue weighted by molar-refractivity contribution is 6.30. The van der Waals surface area contributed by atoms with E-state index in [1.54, 1.807) is 18.2 Å². The largest absolute Gasteiger partial charge is 0.370 e. The zero-order chi connectivity index (χ0) is 20.6. The summed E-state index contributed by atoms with van der Waals surface area (Å²) >= 11 is 5.83. The number of carbonyl (C=O) groups excluding carboxylic acids is 2. The lowest BCUT2D eigenvalue weighted by Gasteiger charge is -2.37. The summed E-state index contributed by atoms with van der Waals surface area (Å²) in [7, 11) is 0. The van der Waals surface area contributed by atoms with Crippen LogP contribution in [0.25, 0.3) is 0 Å². The van der Waals surface area contributed by atoms with Crippen molar-refractivity contribution in [1.82, 2.24) is 10.3 Å². The van der Waals surface area contributed by atoms with Gasteiger partial charge in [-0.25, -0.2) is 9.98 Å². The van der Waals surface area contributed by atoms with Crippen LogP contribution in [-0.4, -0.2) is 22.8 Å². The summed E-state index contributed by atoms with van der Waals surface area (Å²) in [5, 5.41) is 5.96. The molecule has 2 amide bonds. The highest BCUT2D eigenvalue weighted by Crippen LogP contribution is 2.45. The van der Waals surface area contributed by atoms with Crippen molar-refractivity contribution in [1.29, 1.82) is 0 Å². The Morgan fingerprint density at radius 1 is 1.34 bits per heavy atom. The van der Waals surface area contributed by atoms with E-state index in [-0.39, 0.29) is 29.4 Å². The average molecular weight is 412 g/mol. The van der Waals surface area contributed by atoms with Gasteiger partial charge in [0, 0.05) is 11.9 Å². The molecule has 29 heavy (non-hydrogen) atoms. The number of aliphatic imine (C=N–C) groups is 1. The van der Waals surface area contributed by atoms with Gasteiger partial charge in [-0.15, -0.1) is 0 Å². The van der Waals surface area contributed by atoms with Crippen LogP contribution in [0.5, 0.6) is 0 Å². The maximum Gasteiger partial charge on any atom is 0.274 e. The van der Waals surface area contributed by atoms with Crippen LogP contribution >= 0.6 is 11.6 Å². The lowest BCUT2D eigenvalue weighted by atomic mass is 9.75. The molecule has 150 valence electrons. The summed E-state index contributed by atoms with van der Waals surface area (Å²) in [6.07, 6.45) is 4.48. The third-order valence-electron chi connectivity index (χ3n) is 5.53. The second-order valence-electron chi connectivity index (χ2n) is 7.76. The maximum absolute atomic E-state index is 12.7. The van der Waals surface area contributed by atoms with Crippen molar-refractivity contribution in [2.24, 2.45) is 22.6 Å². The van der Waals surface area contributed by atoms with Crippen LogP contribution in [-0.2, 0) is 10.3 Å². The van der Waals surface area contributed by atoms with Crippen molar-refractivity contribution in [3.63, 3.8) is 0 Å². The fourth-order valence-electron chi connectivity index (χ4n) is 3.73. The molecule has 7 nitrogen and oxygen atoms in total. The predicted octanol–water partition coefficient (Wildman–Crippen LogP) is 3.06. The molecule has 1 aliphatic carbocycles. The van der Waals surface area contributed by atoms with Gasteiger partial charge in [-0.3, -0.25) is 14.9 Å². The molecule has 1 fully saturated rings. The molecule has 2 aliphatic rings. The van der Waals surface area contributed by atoms with E-state index in [1.165, 1.54) is 6.20 Å². The Morgan fingerprint density at radius 3 is 2.83 bits per heavy atom. The van der Waals surface area contributed by atoms with Crippen molar-refractivity contribution in [3.8, 4) is 0 Å². The molecule has 4 rings (SSSR count). The fourth-order valence-corrected chi connectivity index (χ4v) is 3.84. The van der Waals surface area contributed by atoms with Crippen LogP contribution in [0.4, 0.5) is 5.69 Å². The lowest BCUT2D eigenvalue weighted by molar-refractivity contribution is -0.126. The number of pyridine rings is 1. The molecular weight excluding hydrogens is 390 g/mol. The fraction of sp³-hybridized carbons (Fsp3) is 0.333. The number of aromatic nitrogens is 1. The molecule has 8 heteroatoms. The van der Waals surface area contributed by atoms with E-state index in [2.05, 4.69) is 20.6 Å². The number of hydrogen-bond acceptors (Lipinski definition) is 5. The van der Waals surface area contributed by atoms with Gasteiger partial charge in [0.15, 0.2) is 5.96 Å². The van der Waals surface area contributed by atoms with E-state index in [4.69, 9.17) is 17.3 Å². The summed E-state index contributed by atoms with van der Waals surface area (Å²) in [5.41, 5.74) is 6.76. The van der Waals surface area contributed by atoms with E-state index in [0.717, 1.165) is 24.8 Å². The topological polar surface area (TPSA) is 109 Å². The standard InChI is InChI=1S/C21H22ClN5O2/c1-21(16(9-12-5-6-12)18(28)26-20(23)27-21)13-3-2-4-15(10-13)25-19(29)17-8-7-14(22)11-24-17/h2-4,7-8,10-12,16H,5-6,9H2,1H3,(H,25,29)(H3,23,26,27,28)/t16?,21-/m1/s1. The van der Waals surface area contributed by atoms with Gasteiger partial charge in [0.25, 0.3) is 5.91 Å². The van der Waals surface area contributed by atoms with Gasteiger partial charge in [0.1, 0.15) is 5.69 Å². The molecule has 0 saturated heterocycles. The minimum absolute atomic E-state index is 0.105. The zero-order valence-electron chi connectivity index (χ0n) is 16.0. The number of halogens is 1. The quantitative estimate of drug-likeness (QED) is 0.702. The minimum Gasteiger partial charge on any atom is -0.370 e. The summed E-state index contributed by atoms with van der Waals surface area (Å²) in [6, 6.07) is 10.5. The van der Waals surface area contributed by atoms with Gasteiger partial charge in [-0.05, 0) is 49.1 Å². The smallest absolute Gasteiger partial charge is 0.274 e. The molecule has 1 aliphatic heterocycles. The van der Waals surface area contributed by atoms with Crippen LogP contribution in [0.15, 0.2) is 47.6 Å². The van der Waals surface area contributed by atoms with Gasteiger partial charge in [-0.2, -0.15) is 0 Å². The first-order valence-electron chi connectivity index (χ1n) is 9.55. The minimum atomic E-state index is -0.797. The van der Waals surface area contributed by atoms with Gasteiger partial charge < -0.3 is 11.1 Å². The molecule has 0 bridgehead atoms.